The Morgan fingerprint density at radius 3 is 2.85 bits per heavy atom. The van der Waals surface area contributed by atoms with E-state index in [1.807, 2.05) is 14.0 Å². The van der Waals surface area contributed by atoms with Gasteiger partial charge in [-0.15, -0.1) is 10.2 Å². The highest BCUT2D eigenvalue weighted by Crippen LogP contribution is 2.20. The maximum absolute atomic E-state index is 13.0. The number of benzene rings is 1. The summed E-state index contributed by atoms with van der Waals surface area (Å²) in [6, 6.07) is 4.03. The highest BCUT2D eigenvalue weighted by molar-refractivity contribution is 7.99. The number of amides is 1. The molecule has 2 aromatic rings. The molecule has 0 aliphatic rings. The predicted molar refractivity (Wildman–Crippen MR) is 76.5 cm³/mol. The van der Waals surface area contributed by atoms with E-state index in [0.717, 1.165) is 5.82 Å². The van der Waals surface area contributed by atoms with Gasteiger partial charge in [-0.3, -0.25) is 4.79 Å². The van der Waals surface area contributed by atoms with E-state index < -0.39 is 5.82 Å². The molecule has 106 valence electrons. The van der Waals surface area contributed by atoms with E-state index in [-0.39, 0.29) is 16.7 Å². The zero-order valence-corrected chi connectivity index (χ0v) is 12.4. The van der Waals surface area contributed by atoms with Crippen LogP contribution in [-0.2, 0) is 11.8 Å². The molecule has 0 bridgehead atoms. The average molecular weight is 315 g/mol. The third-order valence-corrected chi connectivity index (χ3v) is 3.90. The zero-order valence-electron chi connectivity index (χ0n) is 10.9. The fourth-order valence-electron chi connectivity index (χ4n) is 1.41. The molecule has 8 heteroatoms. The highest BCUT2D eigenvalue weighted by atomic mass is 35.5. The van der Waals surface area contributed by atoms with Crippen molar-refractivity contribution in [2.45, 2.75) is 12.1 Å². The fourth-order valence-corrected chi connectivity index (χ4v) is 2.35. The Kier molecular flexibility index (Phi) is 4.61. The summed E-state index contributed by atoms with van der Waals surface area (Å²) < 4.78 is 14.8. The number of nitrogens with zero attached hydrogens (tertiary/aromatic N) is 3. The molecular formula is C12H12ClFN4OS. The number of halogens is 2. The molecule has 20 heavy (non-hydrogen) atoms. The first kappa shape index (κ1) is 14.8. The van der Waals surface area contributed by atoms with Crippen molar-refractivity contribution in [1.29, 1.82) is 0 Å². The summed E-state index contributed by atoms with van der Waals surface area (Å²) in [7, 11) is 1.83. The molecule has 1 aromatic carbocycles. The number of rotatable bonds is 4. The van der Waals surface area contributed by atoms with E-state index in [9.17, 15) is 9.18 Å². The van der Waals surface area contributed by atoms with E-state index >= 15 is 0 Å². The van der Waals surface area contributed by atoms with E-state index in [1.54, 1.807) is 4.57 Å². The summed E-state index contributed by atoms with van der Waals surface area (Å²) >= 11 is 6.91. The van der Waals surface area contributed by atoms with Gasteiger partial charge in [-0.25, -0.2) is 4.39 Å². The van der Waals surface area contributed by atoms with Crippen molar-refractivity contribution in [3.63, 3.8) is 0 Å². The molecule has 0 fully saturated rings. The summed E-state index contributed by atoms with van der Waals surface area (Å²) in [5, 5.41) is 11.1. The SMILES string of the molecule is Cc1nnc(SCC(=O)Nc2ccc(F)c(Cl)c2)n1C. The van der Waals surface area contributed by atoms with E-state index in [0.29, 0.717) is 10.8 Å². The van der Waals surface area contributed by atoms with Crippen LogP contribution in [0.5, 0.6) is 0 Å². The highest BCUT2D eigenvalue weighted by Gasteiger charge is 2.10. The average Bonchev–Trinajstić information content (AvgIpc) is 2.72. The Balaban J connectivity index is 1.92. The lowest BCUT2D eigenvalue weighted by molar-refractivity contribution is -0.113. The molecule has 1 amide bonds. The second-order valence-electron chi connectivity index (χ2n) is 4.05. The van der Waals surface area contributed by atoms with Crippen molar-refractivity contribution in [1.82, 2.24) is 14.8 Å². The number of carbonyl (C=O) groups excluding carboxylic acids is 1. The molecule has 1 heterocycles. The van der Waals surface area contributed by atoms with Crippen LogP contribution in [0.4, 0.5) is 10.1 Å². The summed E-state index contributed by atoms with van der Waals surface area (Å²) in [4.78, 5) is 11.8. The largest absolute Gasteiger partial charge is 0.325 e. The van der Waals surface area contributed by atoms with E-state index in [1.165, 1.54) is 30.0 Å². The zero-order chi connectivity index (χ0) is 14.7. The second kappa shape index (κ2) is 6.23. The van der Waals surface area contributed by atoms with Crippen LogP contribution in [0.15, 0.2) is 23.4 Å². The number of hydrogen-bond acceptors (Lipinski definition) is 4. The molecule has 0 saturated heterocycles. The number of nitrogens with one attached hydrogen (secondary N) is 1. The normalized spacial score (nSPS) is 10.6. The van der Waals surface area contributed by atoms with Gasteiger partial charge in [0.25, 0.3) is 0 Å². The van der Waals surface area contributed by atoms with Gasteiger partial charge in [0.05, 0.1) is 10.8 Å². The monoisotopic (exact) mass is 314 g/mol. The Morgan fingerprint density at radius 2 is 2.25 bits per heavy atom. The minimum atomic E-state index is -0.520. The summed E-state index contributed by atoms with van der Waals surface area (Å²) in [5.41, 5.74) is 0.455. The van der Waals surface area contributed by atoms with Gasteiger partial charge in [0.15, 0.2) is 5.16 Å². The lowest BCUT2D eigenvalue weighted by Crippen LogP contribution is -2.14. The van der Waals surface area contributed by atoms with Crippen LogP contribution in [-0.4, -0.2) is 26.4 Å². The lowest BCUT2D eigenvalue weighted by Gasteiger charge is -2.05. The molecule has 0 unspecified atom stereocenters. The van der Waals surface area contributed by atoms with Crippen molar-refractivity contribution in [2.75, 3.05) is 11.1 Å². The number of thioether (sulfide) groups is 1. The van der Waals surface area contributed by atoms with Gasteiger partial charge in [-0.1, -0.05) is 23.4 Å². The molecule has 0 aliphatic carbocycles. The molecule has 0 aliphatic heterocycles. The van der Waals surface area contributed by atoms with Crippen molar-refractivity contribution in [3.8, 4) is 0 Å². The number of aryl methyl sites for hydroxylation is 1. The van der Waals surface area contributed by atoms with Crippen LogP contribution in [0.25, 0.3) is 0 Å². The van der Waals surface area contributed by atoms with Gasteiger partial charge in [0.2, 0.25) is 5.91 Å². The Bertz CT molecular complexity index is 646. The molecule has 5 nitrogen and oxygen atoms in total. The van der Waals surface area contributed by atoms with Gasteiger partial charge in [-0.2, -0.15) is 0 Å². The molecule has 0 atom stereocenters. The van der Waals surface area contributed by atoms with Crippen LogP contribution >= 0.6 is 23.4 Å². The fraction of sp³-hybridized carbons (Fsp3) is 0.250. The Labute approximate surface area is 124 Å². The minimum absolute atomic E-state index is 0.0284. The van der Waals surface area contributed by atoms with E-state index in [2.05, 4.69) is 15.5 Å². The molecule has 1 N–H and O–H groups in total. The molecule has 0 radical (unpaired) electrons. The third-order valence-electron chi connectivity index (χ3n) is 2.59. The van der Waals surface area contributed by atoms with Gasteiger partial charge >= 0.3 is 0 Å². The smallest absolute Gasteiger partial charge is 0.234 e. The number of aromatic nitrogens is 3. The van der Waals surface area contributed by atoms with Crippen LogP contribution < -0.4 is 5.32 Å². The summed E-state index contributed by atoms with van der Waals surface area (Å²) in [6.07, 6.45) is 0. The van der Waals surface area contributed by atoms with Crippen molar-refractivity contribution in [3.05, 3.63) is 34.9 Å². The standard InChI is InChI=1S/C12H12ClFN4OS/c1-7-16-17-12(18(7)2)20-6-11(19)15-8-3-4-10(14)9(13)5-8/h3-5H,6H2,1-2H3,(H,15,19). The predicted octanol–water partition coefficient (Wildman–Crippen LogP) is 2.65. The number of carbonyl (C=O) groups is 1. The van der Waals surface area contributed by atoms with Crippen molar-refractivity contribution in [2.24, 2.45) is 7.05 Å². The van der Waals surface area contributed by atoms with Gasteiger partial charge < -0.3 is 9.88 Å². The molecule has 1 aromatic heterocycles. The van der Waals surface area contributed by atoms with Gasteiger partial charge in [-0.05, 0) is 25.1 Å². The lowest BCUT2D eigenvalue weighted by atomic mass is 10.3. The first-order chi connectivity index (χ1) is 9.47. The molecule has 0 saturated carbocycles. The van der Waals surface area contributed by atoms with Gasteiger partial charge in [0, 0.05) is 12.7 Å². The quantitative estimate of drug-likeness (QED) is 0.881. The molecule has 0 spiro atoms. The van der Waals surface area contributed by atoms with Gasteiger partial charge in [0.1, 0.15) is 11.6 Å². The Hall–Kier alpha value is -1.60. The minimum Gasteiger partial charge on any atom is -0.325 e. The number of hydrogen-bond donors (Lipinski definition) is 1. The van der Waals surface area contributed by atoms with Crippen LogP contribution in [0, 0.1) is 12.7 Å². The van der Waals surface area contributed by atoms with Crippen molar-refractivity contribution < 1.29 is 9.18 Å². The third kappa shape index (κ3) is 3.49. The van der Waals surface area contributed by atoms with Crippen LogP contribution in [0.3, 0.4) is 0 Å². The first-order valence-electron chi connectivity index (χ1n) is 5.71. The maximum Gasteiger partial charge on any atom is 0.234 e. The summed E-state index contributed by atoms with van der Waals surface area (Å²) in [5.74, 6) is 0.214. The topological polar surface area (TPSA) is 59.8 Å². The van der Waals surface area contributed by atoms with Crippen LogP contribution in [0.1, 0.15) is 5.82 Å². The van der Waals surface area contributed by atoms with Crippen LogP contribution in [0.2, 0.25) is 5.02 Å². The Morgan fingerprint density at radius 1 is 1.50 bits per heavy atom. The summed E-state index contributed by atoms with van der Waals surface area (Å²) in [6.45, 7) is 1.83. The maximum atomic E-state index is 13.0. The van der Waals surface area contributed by atoms with Crippen molar-refractivity contribution >= 4 is 35.0 Å². The molecular weight excluding hydrogens is 303 g/mol. The molecule has 2 rings (SSSR count). The second-order valence-corrected chi connectivity index (χ2v) is 5.40. The van der Waals surface area contributed by atoms with E-state index in [4.69, 9.17) is 11.6 Å². The first-order valence-corrected chi connectivity index (χ1v) is 7.07. The number of anilines is 1.